The standard InChI is InChI=1S/C22H40P2/c1-3-5-7-9-11-13-15-17-19-21-23-24-22-20-18-16-14-12-10-8-6-4-2/h23-24H,3-18H2,1-2H3/p+1. The Labute approximate surface area is 156 Å². The SMILES string of the molecule is CCCCCCCCCC#CP[PH2+]C#CCCCCCCCCC. The molecule has 0 aliphatic heterocycles. The summed E-state index contributed by atoms with van der Waals surface area (Å²) in [6.45, 7) is 4.55. The van der Waals surface area contributed by atoms with Gasteiger partial charge in [-0.05, 0) is 18.5 Å². The molecule has 0 saturated heterocycles. The van der Waals surface area contributed by atoms with E-state index in [0.29, 0.717) is 0 Å². The van der Waals surface area contributed by atoms with Gasteiger partial charge in [0.1, 0.15) is 8.27 Å². The summed E-state index contributed by atoms with van der Waals surface area (Å²) >= 11 is 0. The van der Waals surface area contributed by atoms with Crippen LogP contribution in [0.5, 0.6) is 0 Å². The number of hydrogen-bond donors (Lipinski definition) is 0. The van der Waals surface area contributed by atoms with Crippen LogP contribution in [-0.2, 0) is 0 Å². The summed E-state index contributed by atoms with van der Waals surface area (Å²) in [7, 11) is 1.08. The summed E-state index contributed by atoms with van der Waals surface area (Å²) in [5.74, 6) is 6.69. The Kier molecular flexibility index (Phi) is 23.0. The monoisotopic (exact) mass is 367 g/mol. The van der Waals surface area contributed by atoms with E-state index in [-0.39, 0.29) is 8.27 Å². The fourth-order valence-corrected chi connectivity index (χ4v) is 4.31. The van der Waals surface area contributed by atoms with E-state index >= 15 is 0 Å². The third-order valence-corrected chi connectivity index (χ3v) is 6.33. The van der Waals surface area contributed by atoms with E-state index < -0.39 is 0 Å². The number of hydrogen-bond acceptors (Lipinski definition) is 0. The van der Waals surface area contributed by atoms with Crippen LogP contribution < -0.4 is 0 Å². The van der Waals surface area contributed by atoms with Crippen molar-refractivity contribution in [1.29, 1.82) is 0 Å². The quantitative estimate of drug-likeness (QED) is 0.155. The Morgan fingerprint density at radius 1 is 0.583 bits per heavy atom. The molecule has 0 nitrogen and oxygen atoms in total. The van der Waals surface area contributed by atoms with Gasteiger partial charge in [0.25, 0.3) is 0 Å². The van der Waals surface area contributed by atoms with E-state index in [1.807, 2.05) is 0 Å². The molecular weight excluding hydrogens is 326 g/mol. The summed E-state index contributed by atoms with van der Waals surface area (Å²) in [6, 6.07) is 0. The van der Waals surface area contributed by atoms with Crippen molar-refractivity contribution in [2.45, 2.75) is 117 Å². The molecule has 0 saturated carbocycles. The zero-order valence-corrected chi connectivity index (χ0v) is 18.5. The molecule has 24 heavy (non-hydrogen) atoms. The molecule has 2 unspecified atom stereocenters. The molecule has 2 atom stereocenters. The molecular formula is C22H41P2+. The predicted octanol–water partition coefficient (Wildman–Crippen LogP) is 8.19. The average molecular weight is 368 g/mol. The third kappa shape index (κ3) is 22.0. The van der Waals surface area contributed by atoms with Crippen LogP contribution in [0.4, 0.5) is 0 Å². The van der Waals surface area contributed by atoms with Gasteiger partial charge in [-0.1, -0.05) is 103 Å². The minimum atomic E-state index is 0.275. The van der Waals surface area contributed by atoms with Crippen molar-refractivity contribution in [3.8, 4) is 23.2 Å². The van der Waals surface area contributed by atoms with Gasteiger partial charge in [0.15, 0.2) is 0 Å². The van der Waals surface area contributed by atoms with Crippen molar-refractivity contribution < 1.29 is 0 Å². The lowest BCUT2D eigenvalue weighted by molar-refractivity contribution is 0.594. The predicted molar refractivity (Wildman–Crippen MR) is 119 cm³/mol. The van der Waals surface area contributed by atoms with Crippen LogP contribution in [-0.4, -0.2) is 0 Å². The Hall–Kier alpha value is -0.0200. The van der Waals surface area contributed by atoms with Gasteiger partial charge in [-0.15, -0.1) is 0 Å². The maximum absolute atomic E-state index is 3.37. The minimum Gasteiger partial charge on any atom is -0.0952 e. The number of rotatable bonds is 15. The maximum atomic E-state index is 3.37. The second kappa shape index (κ2) is 23.0. The largest absolute Gasteiger partial charge is 0.128 e. The first-order chi connectivity index (χ1) is 11.9. The fraction of sp³-hybridized carbons (Fsp3) is 0.818. The van der Waals surface area contributed by atoms with Crippen LogP contribution in [0, 0.1) is 23.2 Å². The Bertz CT molecular complexity index is 318. The Morgan fingerprint density at radius 3 is 1.58 bits per heavy atom. The highest BCUT2D eigenvalue weighted by atomic mass is 32.0. The van der Waals surface area contributed by atoms with E-state index in [4.69, 9.17) is 0 Å². The van der Waals surface area contributed by atoms with Crippen LogP contribution in [0.2, 0.25) is 0 Å². The normalized spacial score (nSPS) is 10.9. The van der Waals surface area contributed by atoms with Gasteiger partial charge in [-0.3, -0.25) is 0 Å². The van der Waals surface area contributed by atoms with E-state index in [2.05, 4.69) is 37.0 Å². The summed E-state index contributed by atoms with van der Waals surface area (Å²) in [4.78, 5) is 0. The average Bonchev–Trinajstić information content (AvgIpc) is 2.60. The molecule has 138 valence electrons. The fourth-order valence-electron chi connectivity index (χ4n) is 2.65. The van der Waals surface area contributed by atoms with Crippen LogP contribution in [0.15, 0.2) is 0 Å². The molecule has 0 aromatic rings. The lowest BCUT2D eigenvalue weighted by Crippen LogP contribution is -1.78. The molecule has 0 spiro atoms. The van der Waals surface area contributed by atoms with Crippen molar-refractivity contribution in [3.63, 3.8) is 0 Å². The van der Waals surface area contributed by atoms with Gasteiger partial charge in [-0.25, -0.2) is 0 Å². The Balaban J connectivity index is 3.21. The molecule has 0 rings (SSSR count). The van der Waals surface area contributed by atoms with E-state index in [1.54, 1.807) is 0 Å². The molecule has 0 aromatic heterocycles. The van der Waals surface area contributed by atoms with Crippen LogP contribution >= 0.6 is 16.5 Å². The van der Waals surface area contributed by atoms with Crippen molar-refractivity contribution in [2.24, 2.45) is 0 Å². The van der Waals surface area contributed by atoms with E-state index in [0.717, 1.165) is 21.1 Å². The van der Waals surface area contributed by atoms with Crippen molar-refractivity contribution in [2.75, 3.05) is 0 Å². The van der Waals surface area contributed by atoms with E-state index in [9.17, 15) is 0 Å². The van der Waals surface area contributed by atoms with Gasteiger partial charge < -0.3 is 0 Å². The molecule has 0 heterocycles. The molecule has 0 radical (unpaired) electrons. The van der Waals surface area contributed by atoms with Crippen LogP contribution in [0.25, 0.3) is 0 Å². The summed E-state index contributed by atoms with van der Waals surface area (Å²) in [6.07, 6.45) is 21.5. The smallest absolute Gasteiger partial charge is 0.0952 e. The van der Waals surface area contributed by atoms with Gasteiger partial charge in [0.2, 0.25) is 0 Å². The molecule has 0 bridgehead atoms. The summed E-state index contributed by atoms with van der Waals surface area (Å²) in [5.41, 5.74) is 6.71. The molecule has 0 aliphatic carbocycles. The second-order valence-corrected chi connectivity index (χ2v) is 9.50. The highest BCUT2D eigenvalue weighted by molar-refractivity contribution is 8.16. The molecule has 0 aromatic carbocycles. The highest BCUT2D eigenvalue weighted by Gasteiger charge is 1.91. The first-order valence-electron chi connectivity index (χ1n) is 10.4. The molecule has 2 heteroatoms. The zero-order chi connectivity index (χ0) is 17.6. The van der Waals surface area contributed by atoms with Crippen LogP contribution in [0.3, 0.4) is 0 Å². The van der Waals surface area contributed by atoms with Crippen molar-refractivity contribution in [3.05, 3.63) is 0 Å². The van der Waals surface area contributed by atoms with Crippen molar-refractivity contribution >= 4 is 16.5 Å². The summed E-state index contributed by atoms with van der Waals surface area (Å²) in [5, 5.41) is 0. The first-order valence-corrected chi connectivity index (χ1v) is 13.8. The van der Waals surface area contributed by atoms with Gasteiger partial charge in [0.05, 0.1) is 13.9 Å². The molecule has 0 amide bonds. The summed E-state index contributed by atoms with van der Waals surface area (Å²) < 4.78 is 0. The lowest BCUT2D eigenvalue weighted by atomic mass is 10.1. The highest BCUT2D eigenvalue weighted by Crippen LogP contribution is 2.33. The number of unbranched alkanes of at least 4 members (excludes halogenated alkanes) is 14. The van der Waals surface area contributed by atoms with Gasteiger partial charge >= 0.3 is 0 Å². The maximum Gasteiger partial charge on any atom is 0.128 e. The van der Waals surface area contributed by atoms with Gasteiger partial charge in [0, 0.05) is 12.8 Å². The topological polar surface area (TPSA) is 0 Å². The lowest BCUT2D eigenvalue weighted by Gasteiger charge is -1.97. The molecule has 0 aliphatic rings. The minimum absolute atomic E-state index is 0.275. The van der Waals surface area contributed by atoms with E-state index in [1.165, 1.54) is 89.9 Å². The third-order valence-electron chi connectivity index (χ3n) is 4.22. The Morgan fingerprint density at radius 2 is 1.04 bits per heavy atom. The van der Waals surface area contributed by atoms with Gasteiger partial charge in [-0.2, -0.15) is 0 Å². The van der Waals surface area contributed by atoms with Crippen molar-refractivity contribution in [1.82, 2.24) is 0 Å². The molecule has 0 N–H and O–H groups in total. The van der Waals surface area contributed by atoms with Crippen LogP contribution in [0.1, 0.15) is 117 Å². The first kappa shape index (κ1) is 24.0. The second-order valence-electron chi connectivity index (χ2n) is 6.65. The molecule has 0 fully saturated rings. The zero-order valence-electron chi connectivity index (χ0n) is 16.4.